The number of hydrogen-bond acceptors (Lipinski definition) is 3. The van der Waals surface area contributed by atoms with E-state index >= 15 is 0 Å². The second kappa shape index (κ2) is 6.30. The molecule has 22 heavy (non-hydrogen) atoms. The molecule has 2 aromatic rings. The number of aryl methyl sites for hydroxylation is 3. The second-order valence-electron chi connectivity index (χ2n) is 5.89. The average molecular weight is 301 g/mol. The lowest BCUT2D eigenvalue weighted by Gasteiger charge is -2.15. The Morgan fingerprint density at radius 3 is 2.55 bits per heavy atom. The van der Waals surface area contributed by atoms with Gasteiger partial charge in [0.15, 0.2) is 0 Å². The van der Waals surface area contributed by atoms with E-state index in [0.717, 1.165) is 23.1 Å². The van der Waals surface area contributed by atoms with E-state index < -0.39 is 0 Å². The van der Waals surface area contributed by atoms with Crippen molar-refractivity contribution in [1.82, 2.24) is 14.9 Å². The minimum atomic E-state index is -0.213. The Morgan fingerprint density at radius 2 is 1.91 bits per heavy atom. The van der Waals surface area contributed by atoms with E-state index in [1.165, 1.54) is 4.57 Å². The maximum absolute atomic E-state index is 12.4. The van der Waals surface area contributed by atoms with Gasteiger partial charge in [-0.25, -0.2) is 4.98 Å². The molecule has 5 heteroatoms. The van der Waals surface area contributed by atoms with Gasteiger partial charge in [-0.15, -0.1) is 0 Å². The Labute approximate surface area is 130 Å². The first-order valence-corrected chi connectivity index (χ1v) is 7.61. The fourth-order valence-corrected chi connectivity index (χ4v) is 2.35. The molecule has 0 fully saturated rings. The van der Waals surface area contributed by atoms with Gasteiger partial charge in [-0.05, 0) is 57.4 Å². The zero-order valence-corrected chi connectivity index (χ0v) is 13.9. The largest absolute Gasteiger partial charge is 0.352 e. The highest BCUT2D eigenvalue weighted by Crippen LogP contribution is 2.17. The SMILES string of the molecule is CC[C@H](C)NC(=O)Cn1c(=O)c(C)nc2cc(C)c(C)cc21. The molecule has 1 amide bonds. The summed E-state index contributed by atoms with van der Waals surface area (Å²) in [6.07, 6.45) is 0.856. The van der Waals surface area contributed by atoms with Crippen LogP contribution in [-0.2, 0) is 11.3 Å². The topological polar surface area (TPSA) is 64.0 Å². The summed E-state index contributed by atoms with van der Waals surface area (Å²) in [5.74, 6) is -0.151. The third-order valence-corrected chi connectivity index (χ3v) is 4.05. The van der Waals surface area contributed by atoms with Gasteiger partial charge in [-0.3, -0.25) is 14.2 Å². The van der Waals surface area contributed by atoms with Crippen molar-refractivity contribution >= 4 is 16.9 Å². The van der Waals surface area contributed by atoms with E-state index in [-0.39, 0.29) is 24.1 Å². The molecule has 0 aliphatic heterocycles. The van der Waals surface area contributed by atoms with Crippen molar-refractivity contribution in [3.05, 3.63) is 39.3 Å². The van der Waals surface area contributed by atoms with Crippen LogP contribution in [0.3, 0.4) is 0 Å². The van der Waals surface area contributed by atoms with Gasteiger partial charge in [0.25, 0.3) is 5.56 Å². The molecule has 1 heterocycles. The number of nitrogens with one attached hydrogen (secondary N) is 1. The minimum Gasteiger partial charge on any atom is -0.352 e. The van der Waals surface area contributed by atoms with Crippen LogP contribution in [0.15, 0.2) is 16.9 Å². The molecule has 0 unspecified atom stereocenters. The highest BCUT2D eigenvalue weighted by Gasteiger charge is 2.13. The smallest absolute Gasteiger partial charge is 0.272 e. The lowest BCUT2D eigenvalue weighted by Crippen LogP contribution is -2.37. The summed E-state index contributed by atoms with van der Waals surface area (Å²) < 4.78 is 1.52. The number of benzene rings is 1. The molecule has 5 nitrogen and oxygen atoms in total. The van der Waals surface area contributed by atoms with E-state index in [4.69, 9.17) is 0 Å². The normalized spacial score (nSPS) is 12.4. The number of hydrogen-bond donors (Lipinski definition) is 1. The van der Waals surface area contributed by atoms with Crippen LogP contribution in [0.25, 0.3) is 11.0 Å². The molecule has 0 radical (unpaired) electrons. The molecular weight excluding hydrogens is 278 g/mol. The lowest BCUT2D eigenvalue weighted by molar-refractivity contribution is -0.122. The van der Waals surface area contributed by atoms with Crippen LogP contribution in [0.2, 0.25) is 0 Å². The Bertz CT molecular complexity index is 778. The zero-order valence-electron chi connectivity index (χ0n) is 13.9. The number of amides is 1. The Balaban J connectivity index is 2.52. The first-order chi connectivity index (χ1) is 10.3. The van der Waals surface area contributed by atoms with Crippen LogP contribution in [-0.4, -0.2) is 21.5 Å². The molecule has 0 spiro atoms. The Kier molecular flexibility index (Phi) is 4.64. The van der Waals surface area contributed by atoms with Gasteiger partial charge in [-0.2, -0.15) is 0 Å². The van der Waals surface area contributed by atoms with E-state index in [9.17, 15) is 9.59 Å². The van der Waals surface area contributed by atoms with Crippen LogP contribution in [0.5, 0.6) is 0 Å². The predicted octanol–water partition coefficient (Wildman–Crippen LogP) is 2.24. The third-order valence-electron chi connectivity index (χ3n) is 4.05. The predicted molar refractivity (Wildman–Crippen MR) is 88.1 cm³/mol. The molecule has 2 rings (SSSR count). The molecular formula is C17H23N3O2. The van der Waals surface area contributed by atoms with E-state index in [2.05, 4.69) is 10.3 Å². The average Bonchev–Trinajstić information content (AvgIpc) is 2.46. The minimum absolute atomic E-state index is 0.0194. The van der Waals surface area contributed by atoms with Crippen LogP contribution < -0.4 is 10.9 Å². The molecule has 1 aromatic heterocycles. The lowest BCUT2D eigenvalue weighted by atomic mass is 10.1. The molecule has 0 saturated carbocycles. The van der Waals surface area contributed by atoms with Gasteiger partial charge in [0, 0.05) is 6.04 Å². The summed E-state index contributed by atoms with van der Waals surface area (Å²) in [6.45, 7) is 9.66. The summed E-state index contributed by atoms with van der Waals surface area (Å²) in [6, 6.07) is 3.98. The van der Waals surface area contributed by atoms with Crippen molar-refractivity contribution < 1.29 is 4.79 Å². The molecule has 0 saturated heterocycles. The van der Waals surface area contributed by atoms with Gasteiger partial charge in [0.1, 0.15) is 12.2 Å². The standard InChI is InChI=1S/C17H23N3O2/c1-6-12(4)18-16(21)9-20-15-8-11(3)10(2)7-14(15)19-13(5)17(20)22/h7-8,12H,6,9H2,1-5H3,(H,18,21)/t12-/m0/s1. The second-order valence-corrected chi connectivity index (χ2v) is 5.89. The van der Waals surface area contributed by atoms with Gasteiger partial charge >= 0.3 is 0 Å². The van der Waals surface area contributed by atoms with Crippen LogP contribution in [0.4, 0.5) is 0 Å². The van der Waals surface area contributed by atoms with Crippen molar-refractivity contribution in [2.75, 3.05) is 0 Å². The van der Waals surface area contributed by atoms with Crippen molar-refractivity contribution in [2.45, 2.75) is 53.6 Å². The Hall–Kier alpha value is -2.17. The maximum Gasteiger partial charge on any atom is 0.272 e. The van der Waals surface area contributed by atoms with E-state index in [0.29, 0.717) is 11.2 Å². The van der Waals surface area contributed by atoms with Crippen molar-refractivity contribution in [2.24, 2.45) is 0 Å². The highest BCUT2D eigenvalue weighted by molar-refractivity contribution is 5.81. The monoisotopic (exact) mass is 301 g/mol. The summed E-state index contributed by atoms with van der Waals surface area (Å²) in [7, 11) is 0. The zero-order chi connectivity index (χ0) is 16.4. The van der Waals surface area contributed by atoms with E-state index in [1.54, 1.807) is 6.92 Å². The fraction of sp³-hybridized carbons (Fsp3) is 0.471. The first kappa shape index (κ1) is 16.2. The first-order valence-electron chi connectivity index (χ1n) is 7.61. The van der Waals surface area contributed by atoms with Crippen LogP contribution in [0, 0.1) is 20.8 Å². The molecule has 0 aliphatic rings. The summed E-state index contributed by atoms with van der Waals surface area (Å²) in [5.41, 5.74) is 3.85. The number of carbonyl (C=O) groups excluding carboxylic acids is 1. The number of carbonyl (C=O) groups is 1. The van der Waals surface area contributed by atoms with Crippen molar-refractivity contribution in [3.8, 4) is 0 Å². The summed E-state index contributed by atoms with van der Waals surface area (Å²) >= 11 is 0. The van der Waals surface area contributed by atoms with Gasteiger partial charge < -0.3 is 5.32 Å². The fourth-order valence-electron chi connectivity index (χ4n) is 2.35. The molecule has 118 valence electrons. The van der Waals surface area contributed by atoms with Gasteiger partial charge in [0.2, 0.25) is 5.91 Å². The van der Waals surface area contributed by atoms with Crippen molar-refractivity contribution in [3.63, 3.8) is 0 Å². The molecule has 1 atom stereocenters. The number of nitrogens with zero attached hydrogens (tertiary/aromatic N) is 2. The molecule has 1 N–H and O–H groups in total. The maximum atomic E-state index is 12.4. The number of rotatable bonds is 4. The molecule has 0 aliphatic carbocycles. The van der Waals surface area contributed by atoms with Gasteiger partial charge in [0.05, 0.1) is 11.0 Å². The summed E-state index contributed by atoms with van der Waals surface area (Å²) in [5, 5.41) is 2.90. The quantitative estimate of drug-likeness (QED) is 0.942. The van der Waals surface area contributed by atoms with Crippen LogP contribution in [0.1, 0.15) is 37.1 Å². The number of aromatic nitrogens is 2. The molecule has 0 bridgehead atoms. The van der Waals surface area contributed by atoms with Gasteiger partial charge in [-0.1, -0.05) is 6.92 Å². The highest BCUT2D eigenvalue weighted by atomic mass is 16.2. The Morgan fingerprint density at radius 1 is 1.27 bits per heavy atom. The number of fused-ring (bicyclic) bond motifs is 1. The summed E-state index contributed by atoms with van der Waals surface area (Å²) in [4.78, 5) is 28.9. The third kappa shape index (κ3) is 3.18. The van der Waals surface area contributed by atoms with Crippen LogP contribution >= 0.6 is 0 Å². The van der Waals surface area contributed by atoms with E-state index in [1.807, 2.05) is 39.8 Å². The van der Waals surface area contributed by atoms with Crippen molar-refractivity contribution in [1.29, 1.82) is 0 Å². The molecule has 1 aromatic carbocycles.